The van der Waals surface area contributed by atoms with Gasteiger partial charge in [-0.05, 0) is 84.5 Å². The molecule has 0 saturated carbocycles. The van der Waals surface area contributed by atoms with Crippen molar-refractivity contribution in [3.05, 3.63) is 121 Å². The fourth-order valence-corrected chi connectivity index (χ4v) is 6.96. The Morgan fingerprint density at radius 1 is 0.927 bits per heavy atom. The van der Waals surface area contributed by atoms with Crippen molar-refractivity contribution < 1.29 is 58.9 Å². The van der Waals surface area contributed by atoms with Crippen molar-refractivity contribution in [3.63, 3.8) is 0 Å². The van der Waals surface area contributed by atoms with E-state index < -0.39 is 101 Å². The Labute approximate surface area is 307 Å². The van der Waals surface area contributed by atoms with Gasteiger partial charge in [-0.1, -0.05) is 6.07 Å². The minimum atomic E-state index is -5.05. The van der Waals surface area contributed by atoms with Crippen molar-refractivity contribution in [2.45, 2.75) is 63.9 Å². The van der Waals surface area contributed by atoms with Gasteiger partial charge in [0.2, 0.25) is 5.91 Å². The fourth-order valence-electron chi connectivity index (χ4n) is 6.96. The summed E-state index contributed by atoms with van der Waals surface area (Å²) in [6, 6.07) is 3.38. The van der Waals surface area contributed by atoms with E-state index >= 15 is 8.78 Å². The molecule has 292 valence electrons. The van der Waals surface area contributed by atoms with Crippen LogP contribution in [0, 0.1) is 25.5 Å². The highest BCUT2D eigenvalue weighted by Gasteiger charge is 2.38. The largest absolute Gasteiger partial charge is 0.488 e. The summed E-state index contributed by atoms with van der Waals surface area (Å²) in [7, 11) is 0. The van der Waals surface area contributed by atoms with E-state index in [4.69, 9.17) is 4.74 Å². The maximum atomic E-state index is 16.0. The maximum absolute atomic E-state index is 16.0. The van der Waals surface area contributed by atoms with Crippen molar-refractivity contribution in [2.24, 2.45) is 0 Å². The molecule has 55 heavy (non-hydrogen) atoms. The Bertz CT molecular complexity index is 2230. The van der Waals surface area contributed by atoms with Gasteiger partial charge in [0.05, 0.1) is 23.6 Å². The fraction of sp³-hybridized carbons (Fsp3) is 0.342. The smallest absolute Gasteiger partial charge is 0.416 e. The van der Waals surface area contributed by atoms with Crippen molar-refractivity contribution in [1.29, 1.82) is 0 Å². The van der Waals surface area contributed by atoms with E-state index in [2.05, 4.69) is 5.32 Å². The number of benzene rings is 3. The van der Waals surface area contributed by atoms with E-state index in [1.165, 1.54) is 30.9 Å². The summed E-state index contributed by atoms with van der Waals surface area (Å²) in [5.74, 6) is -5.33. The van der Waals surface area contributed by atoms with Crippen molar-refractivity contribution in [1.82, 2.24) is 14.8 Å². The van der Waals surface area contributed by atoms with Crippen LogP contribution >= 0.6 is 0 Å². The maximum Gasteiger partial charge on any atom is 0.416 e. The average molecular weight is 782 g/mol. The number of alkyl halides is 7. The van der Waals surface area contributed by atoms with Gasteiger partial charge in [0.25, 0.3) is 5.56 Å². The molecule has 2 atom stereocenters. The number of carboxylic acids is 1. The lowest BCUT2D eigenvalue weighted by atomic mass is 9.91. The van der Waals surface area contributed by atoms with Crippen LogP contribution in [-0.2, 0) is 35.0 Å². The first-order chi connectivity index (χ1) is 25.7. The molecule has 1 amide bonds. The third kappa shape index (κ3) is 8.21. The first-order valence-electron chi connectivity index (χ1n) is 16.9. The van der Waals surface area contributed by atoms with E-state index in [0.717, 1.165) is 30.5 Å². The van der Waals surface area contributed by atoms with Gasteiger partial charge < -0.3 is 15.2 Å². The Morgan fingerprint density at radius 3 is 2.27 bits per heavy atom. The van der Waals surface area contributed by atoms with Crippen LogP contribution in [0.2, 0.25) is 0 Å². The van der Waals surface area contributed by atoms with E-state index in [9.17, 15) is 50.2 Å². The Morgan fingerprint density at radius 2 is 1.64 bits per heavy atom. The summed E-state index contributed by atoms with van der Waals surface area (Å²) in [6.45, 7) is 1.99. The highest BCUT2D eigenvalue weighted by atomic mass is 19.4. The average Bonchev–Trinajstić information content (AvgIpc) is 3.06. The number of halogens is 9. The number of rotatable bonds is 6. The van der Waals surface area contributed by atoms with Crippen LogP contribution in [0.15, 0.2) is 59.5 Å². The Hall–Kier alpha value is -5.32. The molecule has 17 heteroatoms. The number of hydrogen-bond donors (Lipinski definition) is 2. The van der Waals surface area contributed by atoms with Crippen LogP contribution in [0.25, 0.3) is 11.1 Å². The standard InChI is InChI=1S/C38H32F9N3O5/c1-18-8-23(37(42,43)44)11-30-33(18)22-7-19(2)34(41)26(10-22)29(13-32(52)53)48-36(54)35(25-9-20(17-55-30)3-4-28(25)40)50-14-21(5-6-49-15-24(39)16-49)27(12-31(50)51)38(45,46)47/h3-4,7-12,14,24,29,35H,5-6,13,15-17H2,1-2H3,(H,48,54)(H,52,53)/t29-,35+/m0/s1. The second-order valence-corrected chi connectivity index (χ2v) is 13.6. The Balaban J connectivity index is 1.58. The predicted octanol–water partition coefficient (Wildman–Crippen LogP) is 7.46. The number of likely N-dealkylation sites (tertiary alicyclic amines) is 1. The number of carbonyl (C=O) groups excluding carboxylic acids is 1. The topological polar surface area (TPSA) is 101 Å². The molecule has 0 unspecified atom stereocenters. The van der Waals surface area contributed by atoms with E-state index in [1.54, 1.807) is 0 Å². The first-order valence-corrected chi connectivity index (χ1v) is 16.9. The molecule has 1 saturated heterocycles. The normalized spacial score (nSPS) is 18.1. The number of carboxylic acid groups (broad SMARTS) is 1. The molecule has 4 aromatic rings. The quantitative estimate of drug-likeness (QED) is 0.197. The van der Waals surface area contributed by atoms with Crippen LogP contribution in [-0.4, -0.2) is 52.3 Å². The molecule has 0 aliphatic carbocycles. The third-order valence-electron chi connectivity index (χ3n) is 9.62. The second-order valence-electron chi connectivity index (χ2n) is 13.6. The van der Waals surface area contributed by atoms with E-state index in [-0.39, 0.29) is 65.7 Å². The SMILES string of the molecule is Cc1cc2cc(c1F)[C@H](CC(=O)O)NC(=O)[C@H](n1cc(CCN3CC(F)C3)c(C(F)(F)F)cc1=O)c1cc(ccc1F)COc1cc(C(F)(F)F)cc(C)c1-2. The van der Waals surface area contributed by atoms with Crippen LogP contribution in [0.4, 0.5) is 39.5 Å². The molecule has 2 N–H and O–H groups in total. The number of aliphatic carboxylic acids is 1. The van der Waals surface area contributed by atoms with Crippen LogP contribution < -0.4 is 15.6 Å². The first kappa shape index (κ1) is 39.4. The summed E-state index contributed by atoms with van der Waals surface area (Å²) in [6.07, 6.45) is -11.7. The summed E-state index contributed by atoms with van der Waals surface area (Å²) >= 11 is 0. The zero-order chi connectivity index (χ0) is 40.1. The van der Waals surface area contributed by atoms with Gasteiger partial charge in [-0.3, -0.25) is 23.9 Å². The van der Waals surface area contributed by atoms with E-state index in [1.807, 2.05) is 0 Å². The molecule has 1 fully saturated rings. The minimum absolute atomic E-state index is 0.0319. The molecular formula is C38H32F9N3O5. The molecule has 3 aromatic carbocycles. The molecule has 0 radical (unpaired) electrons. The molecule has 1 aromatic heterocycles. The molecule has 0 spiro atoms. The lowest BCUT2D eigenvalue weighted by molar-refractivity contribution is -0.139. The summed E-state index contributed by atoms with van der Waals surface area (Å²) in [4.78, 5) is 41.5. The van der Waals surface area contributed by atoms with Crippen molar-refractivity contribution in [3.8, 4) is 16.9 Å². The summed E-state index contributed by atoms with van der Waals surface area (Å²) < 4.78 is 136. The number of aryl methyl sites for hydroxylation is 2. The van der Waals surface area contributed by atoms with Gasteiger partial charge in [0.15, 0.2) is 0 Å². The van der Waals surface area contributed by atoms with Crippen LogP contribution in [0.3, 0.4) is 0 Å². The molecular weight excluding hydrogens is 749 g/mol. The number of nitrogens with zero attached hydrogens (tertiary/aromatic N) is 2. The number of ether oxygens (including phenoxy) is 1. The number of aromatic nitrogens is 1. The van der Waals surface area contributed by atoms with E-state index in [0.29, 0.717) is 10.6 Å². The second kappa shape index (κ2) is 14.7. The zero-order valence-electron chi connectivity index (χ0n) is 29.0. The lowest BCUT2D eigenvalue weighted by Crippen LogP contribution is -2.49. The van der Waals surface area contributed by atoms with Crippen molar-refractivity contribution >= 4 is 11.9 Å². The highest BCUT2D eigenvalue weighted by Crippen LogP contribution is 2.42. The molecule has 2 aliphatic heterocycles. The van der Waals surface area contributed by atoms with Gasteiger partial charge in [-0.2, -0.15) is 26.3 Å². The number of nitrogens with one attached hydrogen (secondary N) is 1. The zero-order valence-corrected chi connectivity index (χ0v) is 29.0. The van der Waals surface area contributed by atoms with Gasteiger partial charge in [0, 0.05) is 48.6 Å². The molecule has 2 aliphatic rings. The summed E-state index contributed by atoms with van der Waals surface area (Å²) in [5.41, 5.74) is -5.21. The third-order valence-corrected chi connectivity index (χ3v) is 9.62. The van der Waals surface area contributed by atoms with Gasteiger partial charge >= 0.3 is 18.3 Å². The van der Waals surface area contributed by atoms with Gasteiger partial charge in [-0.25, -0.2) is 13.2 Å². The Kier molecular flexibility index (Phi) is 10.5. The van der Waals surface area contributed by atoms with Crippen molar-refractivity contribution in [2.75, 3.05) is 19.6 Å². The number of pyridine rings is 1. The molecule has 4 bridgehead atoms. The monoisotopic (exact) mass is 781 g/mol. The number of carbonyl (C=O) groups is 2. The number of hydrogen-bond acceptors (Lipinski definition) is 5. The summed E-state index contributed by atoms with van der Waals surface area (Å²) in [5, 5.41) is 12.2. The van der Waals surface area contributed by atoms with Crippen LogP contribution in [0.1, 0.15) is 63.0 Å². The minimum Gasteiger partial charge on any atom is -0.488 e. The molecule has 6 rings (SSSR count). The lowest BCUT2D eigenvalue weighted by Gasteiger charge is -2.34. The molecule has 8 nitrogen and oxygen atoms in total. The predicted molar refractivity (Wildman–Crippen MR) is 179 cm³/mol. The van der Waals surface area contributed by atoms with Gasteiger partial charge in [0.1, 0.15) is 36.2 Å². The van der Waals surface area contributed by atoms with Crippen LogP contribution in [0.5, 0.6) is 5.75 Å². The highest BCUT2D eigenvalue weighted by molar-refractivity contribution is 5.85. The molecule has 3 heterocycles. The van der Waals surface area contributed by atoms with Gasteiger partial charge in [-0.15, -0.1) is 0 Å². The number of fused-ring (bicyclic) bond motifs is 6. The number of amides is 1.